The summed E-state index contributed by atoms with van der Waals surface area (Å²) in [6.07, 6.45) is 0. The molecule has 0 heterocycles. The Morgan fingerprint density at radius 2 is 1.67 bits per heavy atom. The molecular formula is C20H21NO3. The second-order valence-electron chi connectivity index (χ2n) is 5.71. The van der Waals surface area contributed by atoms with Crippen LogP contribution in [0.3, 0.4) is 0 Å². The molecule has 2 rings (SSSR count). The summed E-state index contributed by atoms with van der Waals surface area (Å²) in [5.74, 6) is -1.95. The molecule has 2 aromatic carbocycles. The number of hydrogen-bond donors (Lipinski definition) is 0. The van der Waals surface area contributed by atoms with Crippen molar-refractivity contribution in [3.05, 3.63) is 65.2 Å². The maximum absolute atomic E-state index is 12.9. The summed E-state index contributed by atoms with van der Waals surface area (Å²) >= 11 is 0. The first-order valence-corrected chi connectivity index (χ1v) is 7.73. The molecule has 1 unspecified atom stereocenters. The Bertz CT molecular complexity index is 779. The number of Topliss-reactive ketones (excluding diaryl/α,β-unsaturated/α-hetero) is 1. The lowest BCUT2D eigenvalue weighted by molar-refractivity contribution is -0.141. The first kappa shape index (κ1) is 17.6. The second-order valence-corrected chi connectivity index (χ2v) is 5.71. The number of aryl methyl sites for hydroxylation is 2. The van der Waals surface area contributed by atoms with Gasteiger partial charge >= 0.3 is 5.97 Å². The monoisotopic (exact) mass is 323 g/mol. The Balaban J connectivity index is 2.41. The second kappa shape index (κ2) is 7.68. The van der Waals surface area contributed by atoms with Crippen molar-refractivity contribution >= 4 is 23.2 Å². The molecule has 1 atom stereocenters. The summed E-state index contributed by atoms with van der Waals surface area (Å²) in [5.41, 5.74) is 3.68. The van der Waals surface area contributed by atoms with Crippen LogP contribution in [-0.4, -0.2) is 24.6 Å². The number of ether oxygens (including phenoxy) is 1. The largest absolute Gasteiger partial charge is 0.468 e. The molecule has 0 aliphatic heterocycles. The lowest BCUT2D eigenvalue weighted by Crippen LogP contribution is -2.31. The Morgan fingerprint density at radius 1 is 1.00 bits per heavy atom. The topological polar surface area (TPSA) is 55.7 Å². The van der Waals surface area contributed by atoms with Gasteiger partial charge in [-0.3, -0.25) is 14.6 Å². The van der Waals surface area contributed by atoms with E-state index in [-0.39, 0.29) is 5.78 Å². The van der Waals surface area contributed by atoms with Gasteiger partial charge in [0.25, 0.3) is 0 Å². The van der Waals surface area contributed by atoms with Crippen LogP contribution < -0.4 is 0 Å². The highest BCUT2D eigenvalue weighted by Crippen LogP contribution is 2.19. The van der Waals surface area contributed by atoms with Crippen LogP contribution in [0.4, 0.5) is 5.69 Å². The van der Waals surface area contributed by atoms with Crippen molar-refractivity contribution in [3.8, 4) is 0 Å². The van der Waals surface area contributed by atoms with Crippen molar-refractivity contribution in [3.63, 3.8) is 0 Å². The van der Waals surface area contributed by atoms with Crippen LogP contribution in [-0.2, 0) is 9.53 Å². The zero-order chi connectivity index (χ0) is 17.7. The molecule has 4 heteroatoms. The summed E-state index contributed by atoms with van der Waals surface area (Å²) in [4.78, 5) is 29.5. The summed E-state index contributed by atoms with van der Waals surface area (Å²) in [5, 5.41) is 0. The lowest BCUT2D eigenvalue weighted by Gasteiger charge is -2.14. The van der Waals surface area contributed by atoms with Crippen LogP contribution in [0.1, 0.15) is 28.4 Å². The average molecular weight is 323 g/mol. The van der Waals surface area contributed by atoms with E-state index in [4.69, 9.17) is 4.74 Å². The fourth-order valence-electron chi connectivity index (χ4n) is 2.42. The van der Waals surface area contributed by atoms with Crippen molar-refractivity contribution in [1.29, 1.82) is 0 Å². The quantitative estimate of drug-likeness (QED) is 0.361. The number of benzene rings is 2. The van der Waals surface area contributed by atoms with Crippen LogP contribution in [0, 0.1) is 19.8 Å². The van der Waals surface area contributed by atoms with Gasteiger partial charge in [0.1, 0.15) is 0 Å². The number of nitrogens with zero attached hydrogens (tertiary/aromatic N) is 1. The molecule has 0 spiro atoms. The van der Waals surface area contributed by atoms with Gasteiger partial charge in [-0.05, 0) is 50.1 Å². The van der Waals surface area contributed by atoms with Crippen molar-refractivity contribution < 1.29 is 14.3 Å². The van der Waals surface area contributed by atoms with Crippen molar-refractivity contribution in [1.82, 2.24) is 0 Å². The highest BCUT2D eigenvalue weighted by molar-refractivity contribution is 6.23. The van der Waals surface area contributed by atoms with Gasteiger partial charge in [0.2, 0.25) is 0 Å². The third kappa shape index (κ3) is 3.96. The fraction of sp³-hybridized carbons (Fsp3) is 0.250. The van der Waals surface area contributed by atoms with Gasteiger partial charge in [0, 0.05) is 11.3 Å². The predicted molar refractivity (Wildman–Crippen MR) is 95.0 cm³/mol. The first-order valence-electron chi connectivity index (χ1n) is 7.73. The molecule has 2 aromatic rings. The number of carbonyl (C=O) groups is 2. The van der Waals surface area contributed by atoms with Crippen LogP contribution in [0.25, 0.3) is 0 Å². The number of ketones is 1. The molecule has 0 radical (unpaired) electrons. The van der Waals surface area contributed by atoms with E-state index in [1.165, 1.54) is 7.11 Å². The third-order valence-electron chi connectivity index (χ3n) is 3.97. The summed E-state index contributed by atoms with van der Waals surface area (Å²) < 4.78 is 4.83. The molecule has 0 N–H and O–H groups in total. The normalized spacial score (nSPS) is 12.6. The average Bonchev–Trinajstić information content (AvgIpc) is 2.58. The van der Waals surface area contributed by atoms with E-state index in [9.17, 15) is 9.59 Å². The van der Waals surface area contributed by atoms with E-state index in [1.807, 2.05) is 50.2 Å². The first-order chi connectivity index (χ1) is 11.4. The van der Waals surface area contributed by atoms with Gasteiger partial charge in [-0.1, -0.05) is 30.3 Å². The van der Waals surface area contributed by atoms with Gasteiger partial charge in [-0.25, -0.2) is 0 Å². The Hall–Kier alpha value is -2.75. The van der Waals surface area contributed by atoms with Gasteiger partial charge in [-0.15, -0.1) is 0 Å². The number of esters is 1. The number of hydrogen-bond acceptors (Lipinski definition) is 4. The van der Waals surface area contributed by atoms with E-state index in [2.05, 4.69) is 4.99 Å². The minimum Gasteiger partial charge on any atom is -0.468 e. The molecule has 0 saturated carbocycles. The predicted octanol–water partition coefficient (Wildman–Crippen LogP) is 4.07. The molecule has 4 nitrogen and oxygen atoms in total. The van der Waals surface area contributed by atoms with E-state index in [0.29, 0.717) is 17.0 Å². The molecule has 0 aliphatic carbocycles. The van der Waals surface area contributed by atoms with Gasteiger partial charge in [0.05, 0.1) is 12.8 Å². The summed E-state index contributed by atoms with van der Waals surface area (Å²) in [6.45, 7) is 5.58. The number of methoxy groups -OCH3 is 1. The summed E-state index contributed by atoms with van der Waals surface area (Å²) in [6, 6.07) is 14.6. The van der Waals surface area contributed by atoms with E-state index < -0.39 is 11.9 Å². The van der Waals surface area contributed by atoms with Crippen LogP contribution in [0.5, 0.6) is 0 Å². The fourth-order valence-corrected chi connectivity index (χ4v) is 2.42. The molecule has 24 heavy (non-hydrogen) atoms. The number of carbonyl (C=O) groups excluding carboxylic acids is 2. The molecule has 0 amide bonds. The van der Waals surface area contributed by atoms with Gasteiger partial charge in [0.15, 0.2) is 11.7 Å². The summed E-state index contributed by atoms with van der Waals surface area (Å²) in [7, 11) is 1.28. The van der Waals surface area contributed by atoms with Gasteiger partial charge < -0.3 is 4.74 Å². The van der Waals surface area contributed by atoms with E-state index >= 15 is 0 Å². The van der Waals surface area contributed by atoms with Crippen LogP contribution in [0.2, 0.25) is 0 Å². The number of para-hydroxylation sites is 1. The van der Waals surface area contributed by atoms with Crippen LogP contribution in [0.15, 0.2) is 53.5 Å². The molecule has 0 aromatic heterocycles. The highest BCUT2D eigenvalue weighted by Gasteiger charge is 2.31. The third-order valence-corrected chi connectivity index (χ3v) is 3.97. The van der Waals surface area contributed by atoms with Crippen molar-refractivity contribution in [2.24, 2.45) is 10.9 Å². The molecule has 124 valence electrons. The zero-order valence-electron chi connectivity index (χ0n) is 14.4. The molecule has 0 aliphatic rings. The zero-order valence-corrected chi connectivity index (χ0v) is 14.4. The maximum atomic E-state index is 12.9. The van der Waals surface area contributed by atoms with E-state index in [1.54, 1.807) is 19.1 Å². The van der Waals surface area contributed by atoms with Crippen molar-refractivity contribution in [2.45, 2.75) is 20.8 Å². The van der Waals surface area contributed by atoms with Gasteiger partial charge in [-0.2, -0.15) is 0 Å². The standard InChI is InChI=1S/C20H21NO3/c1-13-10-11-16(12-14(13)2)19(22)18(20(23)24-4)15(3)21-17-8-6-5-7-9-17/h5-12,18H,1-4H3. The Labute approximate surface area is 142 Å². The number of rotatable bonds is 5. The van der Waals surface area contributed by atoms with Crippen molar-refractivity contribution in [2.75, 3.05) is 7.11 Å². The Kier molecular flexibility index (Phi) is 5.64. The number of aliphatic imine (C=N–C) groups is 1. The highest BCUT2D eigenvalue weighted by atomic mass is 16.5. The SMILES string of the molecule is COC(=O)C(C(=O)c1ccc(C)c(C)c1)C(C)=Nc1ccccc1. The molecular weight excluding hydrogens is 302 g/mol. The molecule has 0 bridgehead atoms. The minimum absolute atomic E-state index is 0.304. The molecule has 0 fully saturated rings. The smallest absolute Gasteiger partial charge is 0.322 e. The minimum atomic E-state index is -1.04. The molecule has 0 saturated heterocycles. The lowest BCUT2D eigenvalue weighted by atomic mass is 9.92. The van der Waals surface area contributed by atoms with E-state index in [0.717, 1.165) is 11.1 Å². The van der Waals surface area contributed by atoms with Crippen LogP contribution >= 0.6 is 0 Å². The Morgan fingerprint density at radius 3 is 2.25 bits per heavy atom. The maximum Gasteiger partial charge on any atom is 0.322 e.